The fraction of sp³-hybridized carbons (Fsp3) is 0.333. The molecule has 0 fully saturated rings. The Morgan fingerprint density at radius 2 is 2.33 bits per heavy atom. The number of aryl methyl sites for hydroxylation is 1. The van der Waals surface area contributed by atoms with Crippen molar-refractivity contribution in [1.82, 2.24) is 14.8 Å². The maximum absolute atomic E-state index is 5.91. The van der Waals surface area contributed by atoms with Crippen molar-refractivity contribution < 1.29 is 4.74 Å². The zero-order chi connectivity index (χ0) is 11.0. The molecule has 4 nitrogen and oxygen atoms in total. The van der Waals surface area contributed by atoms with Gasteiger partial charge in [-0.25, -0.2) is 4.98 Å². The summed E-state index contributed by atoms with van der Waals surface area (Å²) in [5, 5.41) is 6.21. The molecule has 0 aliphatic rings. The van der Waals surface area contributed by atoms with Crippen LogP contribution in [0.3, 0.4) is 0 Å². The van der Waals surface area contributed by atoms with Gasteiger partial charge in [-0.1, -0.05) is 27.5 Å². The fourth-order valence-corrected chi connectivity index (χ4v) is 2.13. The Morgan fingerprint density at radius 1 is 1.60 bits per heavy atom. The number of hydrogen-bond donors (Lipinski definition) is 0. The van der Waals surface area contributed by atoms with E-state index in [1.807, 2.05) is 7.05 Å². The molecule has 0 atom stereocenters. The first-order valence-electron chi connectivity index (χ1n) is 4.29. The van der Waals surface area contributed by atoms with E-state index in [1.54, 1.807) is 17.9 Å². The summed E-state index contributed by atoms with van der Waals surface area (Å²) in [6, 6.07) is 1.78. The monoisotopic (exact) mass is 289 g/mol. The molecule has 0 aromatic carbocycles. The van der Waals surface area contributed by atoms with Crippen molar-refractivity contribution in [3.63, 3.8) is 0 Å². The van der Waals surface area contributed by atoms with E-state index in [1.165, 1.54) is 0 Å². The first kappa shape index (κ1) is 10.7. The van der Waals surface area contributed by atoms with Gasteiger partial charge in [-0.05, 0) is 0 Å². The summed E-state index contributed by atoms with van der Waals surface area (Å²) in [7, 11) is 3.44. The van der Waals surface area contributed by atoms with Gasteiger partial charge in [-0.2, -0.15) is 0 Å². The highest BCUT2D eigenvalue weighted by Gasteiger charge is 2.14. The van der Waals surface area contributed by atoms with Gasteiger partial charge in [0.15, 0.2) is 0 Å². The summed E-state index contributed by atoms with van der Waals surface area (Å²) >= 11 is 9.28. The maximum atomic E-state index is 5.91. The molecule has 0 saturated carbocycles. The van der Waals surface area contributed by atoms with Crippen molar-refractivity contribution in [2.24, 2.45) is 7.05 Å². The van der Waals surface area contributed by atoms with Crippen LogP contribution in [0.5, 0.6) is 5.88 Å². The molecule has 0 bridgehead atoms. The van der Waals surface area contributed by atoms with E-state index in [0.29, 0.717) is 16.4 Å². The highest BCUT2D eigenvalue weighted by Crippen LogP contribution is 2.29. The molecular formula is C9H9BrClN3O. The first-order chi connectivity index (χ1) is 7.17. The van der Waals surface area contributed by atoms with Gasteiger partial charge in [-0.3, -0.25) is 4.68 Å². The molecule has 0 aliphatic heterocycles. The van der Waals surface area contributed by atoms with Crippen LogP contribution in [0.1, 0.15) is 5.69 Å². The molecule has 2 aromatic heterocycles. The quantitative estimate of drug-likeness (QED) is 0.630. The predicted molar refractivity (Wildman–Crippen MR) is 62.7 cm³/mol. The molecule has 2 rings (SSSR count). The molecule has 80 valence electrons. The zero-order valence-electron chi connectivity index (χ0n) is 8.29. The van der Waals surface area contributed by atoms with Gasteiger partial charge in [0, 0.05) is 18.4 Å². The van der Waals surface area contributed by atoms with Gasteiger partial charge >= 0.3 is 0 Å². The number of aromatic nitrogens is 3. The molecule has 0 amide bonds. The Labute approximate surface area is 100 Å². The number of alkyl halides is 1. The number of pyridine rings is 1. The normalized spacial score (nSPS) is 10.9. The molecule has 0 saturated heterocycles. The molecule has 15 heavy (non-hydrogen) atoms. The lowest BCUT2D eigenvalue weighted by Crippen LogP contribution is -1.91. The van der Waals surface area contributed by atoms with Crippen molar-refractivity contribution in [2.75, 3.05) is 7.11 Å². The Balaban J connectivity index is 2.86. The van der Waals surface area contributed by atoms with E-state index in [9.17, 15) is 0 Å². The van der Waals surface area contributed by atoms with Crippen LogP contribution in [0.4, 0.5) is 0 Å². The van der Waals surface area contributed by atoms with Crippen molar-refractivity contribution in [1.29, 1.82) is 0 Å². The molecule has 0 unspecified atom stereocenters. The average molecular weight is 291 g/mol. The summed E-state index contributed by atoms with van der Waals surface area (Å²) in [5.41, 5.74) is 1.75. The van der Waals surface area contributed by atoms with E-state index in [0.717, 1.165) is 16.6 Å². The van der Waals surface area contributed by atoms with Gasteiger partial charge in [-0.15, -0.1) is 5.10 Å². The number of hydrogen-bond acceptors (Lipinski definition) is 3. The highest BCUT2D eigenvalue weighted by atomic mass is 79.9. The minimum Gasteiger partial charge on any atom is -0.479 e. The minimum absolute atomic E-state index is 0.461. The average Bonchev–Trinajstić information content (AvgIpc) is 2.55. The highest BCUT2D eigenvalue weighted by molar-refractivity contribution is 9.08. The van der Waals surface area contributed by atoms with Gasteiger partial charge in [0.2, 0.25) is 5.88 Å². The van der Waals surface area contributed by atoms with Gasteiger partial charge in [0.05, 0.1) is 23.7 Å². The molecule has 2 heterocycles. The third-order valence-corrected chi connectivity index (χ3v) is 2.89. The second kappa shape index (κ2) is 3.98. The van der Waals surface area contributed by atoms with Crippen LogP contribution in [-0.2, 0) is 12.4 Å². The van der Waals surface area contributed by atoms with E-state index in [2.05, 4.69) is 26.0 Å². The number of ether oxygens (including phenoxy) is 1. The SMILES string of the molecule is COc1nn(C)c2cc(Cl)nc(CBr)c12. The second-order valence-corrected chi connectivity index (χ2v) is 4.00. The van der Waals surface area contributed by atoms with Crippen LogP contribution < -0.4 is 4.74 Å². The number of rotatable bonds is 2. The minimum atomic E-state index is 0.461. The molecule has 0 radical (unpaired) electrons. The predicted octanol–water partition coefficient (Wildman–Crippen LogP) is 2.53. The van der Waals surface area contributed by atoms with E-state index < -0.39 is 0 Å². The number of halogens is 2. The van der Waals surface area contributed by atoms with Crippen LogP contribution in [0, 0.1) is 0 Å². The fourth-order valence-electron chi connectivity index (χ4n) is 1.52. The Kier molecular flexibility index (Phi) is 2.84. The third-order valence-electron chi connectivity index (χ3n) is 2.17. The van der Waals surface area contributed by atoms with Gasteiger partial charge < -0.3 is 4.74 Å². The number of nitrogens with zero attached hydrogens (tertiary/aromatic N) is 3. The second-order valence-electron chi connectivity index (χ2n) is 3.05. The Bertz CT molecular complexity index is 512. The van der Waals surface area contributed by atoms with Crippen molar-refractivity contribution in [3.8, 4) is 5.88 Å². The largest absolute Gasteiger partial charge is 0.479 e. The third kappa shape index (κ3) is 1.70. The number of fused-ring (bicyclic) bond motifs is 1. The molecule has 0 N–H and O–H groups in total. The topological polar surface area (TPSA) is 39.9 Å². The van der Waals surface area contributed by atoms with Gasteiger partial charge in [0.25, 0.3) is 0 Å². The van der Waals surface area contributed by atoms with Gasteiger partial charge in [0.1, 0.15) is 5.15 Å². The first-order valence-corrected chi connectivity index (χ1v) is 5.79. The lowest BCUT2D eigenvalue weighted by atomic mass is 10.2. The van der Waals surface area contributed by atoms with Crippen LogP contribution in [0.2, 0.25) is 5.15 Å². The molecule has 2 aromatic rings. The number of methoxy groups -OCH3 is 1. The molecule has 0 spiro atoms. The van der Waals surface area contributed by atoms with Crippen molar-refractivity contribution in [3.05, 3.63) is 16.9 Å². The lowest BCUT2D eigenvalue weighted by Gasteiger charge is -2.01. The molecule has 0 aliphatic carbocycles. The standard InChI is InChI=1S/C9H9BrClN3O/c1-14-6-3-7(11)12-5(4-10)8(6)9(13-14)15-2/h3H,4H2,1-2H3. The summed E-state index contributed by atoms with van der Waals surface area (Å²) in [6.07, 6.45) is 0. The van der Waals surface area contributed by atoms with E-state index >= 15 is 0 Å². The van der Waals surface area contributed by atoms with E-state index in [4.69, 9.17) is 16.3 Å². The van der Waals surface area contributed by atoms with Crippen LogP contribution in [0.25, 0.3) is 10.9 Å². The Morgan fingerprint density at radius 3 is 2.93 bits per heavy atom. The Hall–Kier alpha value is -0.810. The summed E-state index contributed by atoms with van der Waals surface area (Å²) in [6.45, 7) is 0. The van der Waals surface area contributed by atoms with E-state index in [-0.39, 0.29) is 0 Å². The van der Waals surface area contributed by atoms with Crippen molar-refractivity contribution in [2.45, 2.75) is 5.33 Å². The van der Waals surface area contributed by atoms with Crippen molar-refractivity contribution >= 4 is 38.4 Å². The van der Waals surface area contributed by atoms with Crippen LogP contribution in [-0.4, -0.2) is 21.9 Å². The molecule has 6 heteroatoms. The van der Waals surface area contributed by atoms with Crippen LogP contribution in [0.15, 0.2) is 6.07 Å². The lowest BCUT2D eigenvalue weighted by molar-refractivity contribution is 0.395. The maximum Gasteiger partial charge on any atom is 0.242 e. The molecular weight excluding hydrogens is 281 g/mol. The van der Waals surface area contributed by atoms with Crippen LogP contribution >= 0.6 is 27.5 Å². The smallest absolute Gasteiger partial charge is 0.242 e. The summed E-state index contributed by atoms with van der Waals surface area (Å²) in [5.74, 6) is 0.575. The zero-order valence-corrected chi connectivity index (χ0v) is 10.6. The summed E-state index contributed by atoms with van der Waals surface area (Å²) < 4.78 is 6.92. The summed E-state index contributed by atoms with van der Waals surface area (Å²) in [4.78, 5) is 4.23.